The quantitative estimate of drug-likeness (QED) is 0.771. The predicted molar refractivity (Wildman–Crippen MR) is 63.4 cm³/mol. The lowest BCUT2D eigenvalue weighted by atomic mass is 10.0. The molecule has 1 aromatic rings. The van der Waals surface area contributed by atoms with Crippen LogP contribution in [0.15, 0.2) is 35.4 Å². The van der Waals surface area contributed by atoms with E-state index in [2.05, 4.69) is 5.10 Å². The Morgan fingerprint density at radius 3 is 2.94 bits per heavy atom. The number of nitrogens with zero attached hydrogens (tertiary/aromatic N) is 2. The molecule has 88 valence electrons. The van der Waals surface area contributed by atoms with Crippen LogP contribution < -0.4 is 0 Å². The van der Waals surface area contributed by atoms with Crippen LogP contribution in [0.25, 0.3) is 0 Å². The summed E-state index contributed by atoms with van der Waals surface area (Å²) < 4.78 is 5.32. The second kappa shape index (κ2) is 4.30. The highest BCUT2D eigenvalue weighted by Gasteiger charge is 2.37. The summed E-state index contributed by atoms with van der Waals surface area (Å²) in [6.07, 6.45) is 0.779. The first-order valence-electron chi connectivity index (χ1n) is 5.85. The topological polar surface area (TPSA) is 41.9 Å². The highest BCUT2D eigenvalue weighted by atomic mass is 16.5. The molecule has 1 aromatic carbocycles. The third kappa shape index (κ3) is 1.96. The monoisotopic (exact) mass is 230 g/mol. The van der Waals surface area contributed by atoms with E-state index in [0.29, 0.717) is 19.8 Å². The van der Waals surface area contributed by atoms with E-state index in [1.165, 1.54) is 0 Å². The second-order valence-corrected chi connectivity index (χ2v) is 4.35. The van der Waals surface area contributed by atoms with E-state index < -0.39 is 0 Å². The van der Waals surface area contributed by atoms with Crippen molar-refractivity contribution in [2.24, 2.45) is 11.0 Å². The Morgan fingerprint density at radius 2 is 2.18 bits per heavy atom. The zero-order valence-corrected chi connectivity index (χ0v) is 9.50. The maximum atomic E-state index is 12.1. The fourth-order valence-corrected chi connectivity index (χ4v) is 2.24. The van der Waals surface area contributed by atoms with Crippen molar-refractivity contribution < 1.29 is 9.53 Å². The van der Waals surface area contributed by atoms with Crippen LogP contribution in [0, 0.1) is 5.92 Å². The molecule has 4 nitrogen and oxygen atoms in total. The Morgan fingerprint density at radius 1 is 1.35 bits per heavy atom. The van der Waals surface area contributed by atoms with Crippen LogP contribution in [0.4, 0.5) is 0 Å². The summed E-state index contributed by atoms with van der Waals surface area (Å²) in [6, 6.07) is 9.92. The van der Waals surface area contributed by atoms with Gasteiger partial charge in [0.2, 0.25) is 0 Å². The van der Waals surface area contributed by atoms with E-state index in [9.17, 15) is 4.79 Å². The molecule has 1 amide bonds. The lowest BCUT2D eigenvalue weighted by molar-refractivity contribution is -0.134. The zero-order chi connectivity index (χ0) is 11.7. The van der Waals surface area contributed by atoms with Gasteiger partial charge in [0.05, 0.1) is 25.5 Å². The molecule has 0 spiro atoms. The molecule has 0 aliphatic carbocycles. The van der Waals surface area contributed by atoms with Crippen molar-refractivity contribution in [3.05, 3.63) is 35.9 Å². The molecule has 0 aromatic heterocycles. The van der Waals surface area contributed by atoms with Crippen LogP contribution in [0.2, 0.25) is 0 Å². The molecule has 2 aliphatic rings. The van der Waals surface area contributed by atoms with E-state index in [1.807, 2.05) is 30.3 Å². The number of carbonyl (C=O) groups is 1. The summed E-state index contributed by atoms with van der Waals surface area (Å²) >= 11 is 0. The molecule has 0 N–H and O–H groups in total. The van der Waals surface area contributed by atoms with Crippen molar-refractivity contribution in [1.82, 2.24) is 5.01 Å². The van der Waals surface area contributed by atoms with E-state index >= 15 is 0 Å². The zero-order valence-electron chi connectivity index (χ0n) is 9.50. The maximum absolute atomic E-state index is 12.1. The van der Waals surface area contributed by atoms with E-state index in [4.69, 9.17) is 4.74 Å². The van der Waals surface area contributed by atoms with Crippen molar-refractivity contribution >= 4 is 11.6 Å². The number of carbonyl (C=O) groups excluding carboxylic acids is 1. The molecule has 3 rings (SSSR count). The van der Waals surface area contributed by atoms with E-state index in [-0.39, 0.29) is 11.8 Å². The molecule has 1 saturated heterocycles. The van der Waals surface area contributed by atoms with Gasteiger partial charge >= 0.3 is 0 Å². The number of hydrogen-bond acceptors (Lipinski definition) is 3. The Bertz CT molecular complexity index is 456. The minimum atomic E-state index is -0.132. The predicted octanol–water partition coefficient (Wildman–Crippen LogP) is 1.42. The first-order valence-corrected chi connectivity index (χ1v) is 5.85. The molecule has 1 unspecified atom stereocenters. The number of hydrazone groups is 1. The molecule has 2 heterocycles. The molecule has 17 heavy (non-hydrogen) atoms. The van der Waals surface area contributed by atoms with Gasteiger partial charge in [-0.1, -0.05) is 30.3 Å². The van der Waals surface area contributed by atoms with Crippen LogP contribution in [-0.2, 0) is 16.1 Å². The van der Waals surface area contributed by atoms with Gasteiger partial charge < -0.3 is 4.74 Å². The summed E-state index contributed by atoms with van der Waals surface area (Å²) in [5, 5.41) is 5.98. The SMILES string of the molecule is O=C1C2COCCC2=NN1Cc1ccccc1. The third-order valence-electron chi connectivity index (χ3n) is 3.17. The number of rotatable bonds is 2. The largest absolute Gasteiger partial charge is 0.380 e. The molecular weight excluding hydrogens is 216 g/mol. The van der Waals surface area contributed by atoms with Gasteiger partial charge in [0, 0.05) is 6.42 Å². The minimum absolute atomic E-state index is 0.0727. The standard InChI is InChI=1S/C13H14N2O2/c16-13-11-9-17-7-6-12(11)14-15(13)8-10-4-2-1-3-5-10/h1-5,11H,6-9H2. The van der Waals surface area contributed by atoms with Gasteiger partial charge in [-0.3, -0.25) is 4.79 Å². The van der Waals surface area contributed by atoms with E-state index in [1.54, 1.807) is 5.01 Å². The van der Waals surface area contributed by atoms with Gasteiger partial charge in [-0.05, 0) is 5.56 Å². The molecule has 0 bridgehead atoms. The van der Waals surface area contributed by atoms with Crippen LogP contribution in [0.5, 0.6) is 0 Å². The van der Waals surface area contributed by atoms with Gasteiger partial charge in [-0.15, -0.1) is 0 Å². The Balaban J connectivity index is 1.77. The van der Waals surface area contributed by atoms with Crippen molar-refractivity contribution in [2.45, 2.75) is 13.0 Å². The molecule has 1 atom stereocenters. The van der Waals surface area contributed by atoms with Gasteiger partial charge in [0.25, 0.3) is 5.91 Å². The normalized spacial score (nSPS) is 23.5. The fourth-order valence-electron chi connectivity index (χ4n) is 2.24. The Hall–Kier alpha value is -1.68. The van der Waals surface area contributed by atoms with Crippen molar-refractivity contribution in [3.8, 4) is 0 Å². The Kier molecular flexibility index (Phi) is 2.65. The van der Waals surface area contributed by atoms with Gasteiger partial charge in [-0.25, -0.2) is 5.01 Å². The Labute approximate surface area is 99.9 Å². The number of ether oxygens (including phenoxy) is 1. The first-order chi connectivity index (χ1) is 8.34. The van der Waals surface area contributed by atoms with E-state index in [0.717, 1.165) is 17.7 Å². The van der Waals surface area contributed by atoms with Gasteiger partial charge in [-0.2, -0.15) is 5.10 Å². The third-order valence-corrected chi connectivity index (χ3v) is 3.17. The molecule has 0 saturated carbocycles. The molecule has 4 heteroatoms. The highest BCUT2D eigenvalue weighted by Crippen LogP contribution is 2.23. The second-order valence-electron chi connectivity index (χ2n) is 4.35. The van der Waals surface area contributed by atoms with Crippen molar-refractivity contribution in [2.75, 3.05) is 13.2 Å². The first kappa shape index (κ1) is 10.5. The van der Waals surface area contributed by atoms with Crippen LogP contribution in [-0.4, -0.2) is 29.8 Å². The lowest BCUT2D eigenvalue weighted by Crippen LogP contribution is -2.33. The average molecular weight is 230 g/mol. The number of amides is 1. The average Bonchev–Trinajstić information content (AvgIpc) is 2.68. The summed E-state index contributed by atoms with van der Waals surface area (Å²) in [5.74, 6) is -0.0592. The van der Waals surface area contributed by atoms with Gasteiger partial charge in [0.15, 0.2) is 0 Å². The van der Waals surface area contributed by atoms with Crippen molar-refractivity contribution in [3.63, 3.8) is 0 Å². The number of fused-ring (bicyclic) bond motifs is 1. The summed E-state index contributed by atoms with van der Waals surface area (Å²) in [5.41, 5.74) is 2.09. The van der Waals surface area contributed by atoms with Gasteiger partial charge in [0.1, 0.15) is 5.92 Å². The van der Waals surface area contributed by atoms with Crippen LogP contribution >= 0.6 is 0 Å². The summed E-state index contributed by atoms with van der Waals surface area (Å²) in [6.45, 7) is 1.73. The lowest BCUT2D eigenvalue weighted by Gasteiger charge is -2.17. The molecule has 2 aliphatic heterocycles. The number of benzene rings is 1. The van der Waals surface area contributed by atoms with Crippen molar-refractivity contribution in [1.29, 1.82) is 0 Å². The van der Waals surface area contributed by atoms with Crippen LogP contribution in [0.1, 0.15) is 12.0 Å². The minimum Gasteiger partial charge on any atom is -0.380 e. The number of hydrogen-bond donors (Lipinski definition) is 0. The smallest absolute Gasteiger partial charge is 0.254 e. The molecule has 0 radical (unpaired) electrons. The molecule has 1 fully saturated rings. The molecular formula is C13H14N2O2. The summed E-state index contributed by atoms with van der Waals surface area (Å²) in [7, 11) is 0. The summed E-state index contributed by atoms with van der Waals surface area (Å²) in [4.78, 5) is 12.1. The highest BCUT2D eigenvalue weighted by molar-refractivity contribution is 6.08. The van der Waals surface area contributed by atoms with Crippen LogP contribution in [0.3, 0.4) is 0 Å². The maximum Gasteiger partial charge on any atom is 0.254 e. The fraction of sp³-hybridized carbons (Fsp3) is 0.385.